The summed E-state index contributed by atoms with van der Waals surface area (Å²) < 4.78 is 0. The summed E-state index contributed by atoms with van der Waals surface area (Å²) in [7, 11) is 0. The molecule has 3 heteroatoms. The van der Waals surface area contributed by atoms with Crippen LogP contribution in [0, 0.1) is 6.92 Å². The molecule has 0 saturated heterocycles. The van der Waals surface area contributed by atoms with Crippen molar-refractivity contribution in [2.75, 3.05) is 6.54 Å². The molecule has 2 atom stereocenters. The molecule has 2 N–H and O–H groups in total. The van der Waals surface area contributed by atoms with Gasteiger partial charge in [0.2, 0.25) is 5.91 Å². The van der Waals surface area contributed by atoms with E-state index in [0.29, 0.717) is 6.54 Å². The molecule has 0 radical (unpaired) electrons. The molecule has 2 aromatic rings. The number of nitrogens with one attached hydrogen (secondary N) is 2. The van der Waals surface area contributed by atoms with Crippen molar-refractivity contribution in [3.63, 3.8) is 0 Å². The molecule has 0 aliphatic heterocycles. The van der Waals surface area contributed by atoms with E-state index < -0.39 is 0 Å². The first-order valence-electron chi connectivity index (χ1n) is 7.77. The third kappa shape index (κ3) is 4.18. The Hall–Kier alpha value is -2.13. The highest BCUT2D eigenvalue weighted by Crippen LogP contribution is 2.23. The van der Waals surface area contributed by atoms with Crippen LogP contribution in [0.2, 0.25) is 0 Å². The van der Waals surface area contributed by atoms with Gasteiger partial charge in [-0.15, -0.1) is 0 Å². The lowest BCUT2D eigenvalue weighted by molar-refractivity contribution is -0.122. The Balaban J connectivity index is 2.26. The summed E-state index contributed by atoms with van der Waals surface area (Å²) >= 11 is 0. The van der Waals surface area contributed by atoms with Gasteiger partial charge in [0.15, 0.2) is 0 Å². The number of carbonyl (C=O) groups excluding carboxylic acids is 1. The summed E-state index contributed by atoms with van der Waals surface area (Å²) in [6.45, 7) is 6.55. The van der Waals surface area contributed by atoms with Gasteiger partial charge in [-0.2, -0.15) is 0 Å². The van der Waals surface area contributed by atoms with Gasteiger partial charge in [-0.3, -0.25) is 10.1 Å². The molecule has 2 aromatic carbocycles. The van der Waals surface area contributed by atoms with E-state index in [9.17, 15) is 4.79 Å². The fourth-order valence-corrected chi connectivity index (χ4v) is 2.44. The lowest BCUT2D eigenvalue weighted by Gasteiger charge is -2.24. The SMILES string of the molecule is CCNC(=O)[C@H](C)N[C@H](c1ccccc1)c1ccc(C)cc1. The highest BCUT2D eigenvalue weighted by atomic mass is 16.2. The maximum atomic E-state index is 12.0. The fourth-order valence-electron chi connectivity index (χ4n) is 2.44. The third-order valence-corrected chi connectivity index (χ3v) is 3.70. The Kier molecular flexibility index (Phi) is 5.73. The van der Waals surface area contributed by atoms with Gasteiger partial charge in [0.05, 0.1) is 12.1 Å². The highest BCUT2D eigenvalue weighted by Gasteiger charge is 2.20. The van der Waals surface area contributed by atoms with Gasteiger partial charge in [-0.25, -0.2) is 0 Å². The number of aryl methyl sites for hydroxylation is 1. The van der Waals surface area contributed by atoms with Crippen LogP contribution in [-0.2, 0) is 4.79 Å². The van der Waals surface area contributed by atoms with Crippen LogP contribution < -0.4 is 10.6 Å². The average Bonchev–Trinajstić information content (AvgIpc) is 2.54. The van der Waals surface area contributed by atoms with Crippen LogP contribution in [-0.4, -0.2) is 18.5 Å². The largest absolute Gasteiger partial charge is 0.355 e. The molecular weight excluding hydrogens is 272 g/mol. The molecule has 3 nitrogen and oxygen atoms in total. The zero-order valence-electron chi connectivity index (χ0n) is 13.5. The van der Waals surface area contributed by atoms with Crippen molar-refractivity contribution in [3.8, 4) is 0 Å². The Bertz CT molecular complexity index is 593. The summed E-state index contributed by atoms with van der Waals surface area (Å²) in [5.41, 5.74) is 3.54. The first-order valence-corrected chi connectivity index (χ1v) is 7.77. The lowest BCUT2D eigenvalue weighted by atomic mass is 9.97. The van der Waals surface area contributed by atoms with Gasteiger partial charge in [0, 0.05) is 6.54 Å². The zero-order chi connectivity index (χ0) is 15.9. The fraction of sp³-hybridized carbons (Fsp3) is 0.316. The molecule has 0 aromatic heterocycles. The maximum Gasteiger partial charge on any atom is 0.236 e. The summed E-state index contributed by atoms with van der Waals surface area (Å²) in [4.78, 5) is 12.0. The standard InChI is InChI=1S/C19H24N2O/c1-4-20-19(22)15(3)21-18(16-8-6-5-7-9-16)17-12-10-14(2)11-13-17/h5-13,15,18,21H,4H2,1-3H3,(H,20,22)/t15-,18+/m0/s1. The second-order valence-electron chi connectivity index (χ2n) is 5.54. The van der Waals surface area contributed by atoms with Crippen LogP contribution in [0.3, 0.4) is 0 Å². The first-order chi connectivity index (χ1) is 10.6. The average molecular weight is 296 g/mol. The molecule has 22 heavy (non-hydrogen) atoms. The van der Waals surface area contributed by atoms with Gasteiger partial charge < -0.3 is 5.32 Å². The van der Waals surface area contributed by atoms with Gasteiger partial charge in [-0.1, -0.05) is 60.2 Å². The lowest BCUT2D eigenvalue weighted by Crippen LogP contribution is -2.43. The number of carbonyl (C=O) groups is 1. The highest BCUT2D eigenvalue weighted by molar-refractivity contribution is 5.81. The minimum atomic E-state index is -0.258. The van der Waals surface area contributed by atoms with Crippen LogP contribution in [0.5, 0.6) is 0 Å². The van der Waals surface area contributed by atoms with Crippen molar-refractivity contribution in [1.82, 2.24) is 10.6 Å². The Morgan fingerprint density at radius 1 is 1.00 bits per heavy atom. The second-order valence-corrected chi connectivity index (χ2v) is 5.54. The molecule has 0 fully saturated rings. The number of benzene rings is 2. The van der Waals surface area contributed by atoms with E-state index >= 15 is 0 Å². The molecule has 2 rings (SSSR count). The molecule has 0 saturated carbocycles. The van der Waals surface area contributed by atoms with Crippen LogP contribution in [0.4, 0.5) is 0 Å². The van der Waals surface area contributed by atoms with Crippen LogP contribution in [0.1, 0.15) is 36.6 Å². The van der Waals surface area contributed by atoms with Crippen molar-refractivity contribution >= 4 is 5.91 Å². The number of hydrogen-bond donors (Lipinski definition) is 2. The Labute approximate surface area is 132 Å². The monoisotopic (exact) mass is 296 g/mol. The minimum absolute atomic E-state index is 0.000550. The van der Waals surface area contributed by atoms with Gasteiger partial charge in [0.1, 0.15) is 0 Å². The topological polar surface area (TPSA) is 41.1 Å². The molecule has 1 amide bonds. The van der Waals surface area contributed by atoms with Crippen molar-refractivity contribution in [2.45, 2.75) is 32.9 Å². The van der Waals surface area contributed by atoms with E-state index in [1.807, 2.05) is 32.0 Å². The summed E-state index contributed by atoms with van der Waals surface area (Å²) in [5, 5.41) is 6.30. The third-order valence-electron chi connectivity index (χ3n) is 3.70. The zero-order valence-corrected chi connectivity index (χ0v) is 13.5. The summed E-state index contributed by atoms with van der Waals surface area (Å²) in [5.74, 6) is 0.0237. The normalized spacial score (nSPS) is 13.4. The summed E-state index contributed by atoms with van der Waals surface area (Å²) in [6, 6.07) is 18.4. The molecule has 0 aliphatic carbocycles. The molecule has 0 bridgehead atoms. The van der Waals surface area contributed by atoms with Crippen molar-refractivity contribution < 1.29 is 4.79 Å². The summed E-state index contributed by atoms with van der Waals surface area (Å²) in [6.07, 6.45) is 0. The van der Waals surface area contributed by atoms with Gasteiger partial charge in [-0.05, 0) is 31.9 Å². The molecule has 0 unspecified atom stereocenters. The smallest absolute Gasteiger partial charge is 0.236 e. The minimum Gasteiger partial charge on any atom is -0.355 e. The van der Waals surface area contributed by atoms with E-state index in [4.69, 9.17) is 0 Å². The number of likely N-dealkylation sites (N-methyl/N-ethyl adjacent to an activating group) is 1. The van der Waals surface area contributed by atoms with E-state index in [-0.39, 0.29) is 18.0 Å². The van der Waals surface area contributed by atoms with E-state index in [1.54, 1.807) is 0 Å². The van der Waals surface area contributed by atoms with E-state index in [0.717, 1.165) is 11.1 Å². The van der Waals surface area contributed by atoms with Crippen LogP contribution in [0.25, 0.3) is 0 Å². The Morgan fingerprint density at radius 2 is 1.59 bits per heavy atom. The van der Waals surface area contributed by atoms with E-state index in [1.165, 1.54) is 5.56 Å². The predicted molar refractivity (Wildman–Crippen MR) is 90.7 cm³/mol. The van der Waals surface area contributed by atoms with Gasteiger partial charge >= 0.3 is 0 Å². The van der Waals surface area contributed by atoms with Crippen molar-refractivity contribution in [1.29, 1.82) is 0 Å². The number of rotatable bonds is 6. The van der Waals surface area contributed by atoms with Crippen LogP contribution in [0.15, 0.2) is 54.6 Å². The molecule has 0 aliphatic rings. The molecular formula is C19H24N2O. The van der Waals surface area contributed by atoms with Crippen molar-refractivity contribution in [3.05, 3.63) is 71.3 Å². The van der Waals surface area contributed by atoms with Crippen molar-refractivity contribution in [2.24, 2.45) is 0 Å². The molecule has 0 heterocycles. The van der Waals surface area contributed by atoms with Gasteiger partial charge in [0.25, 0.3) is 0 Å². The predicted octanol–water partition coefficient (Wildman–Crippen LogP) is 3.20. The van der Waals surface area contributed by atoms with E-state index in [2.05, 4.69) is 54.0 Å². The molecule has 116 valence electrons. The second kappa shape index (κ2) is 7.76. The maximum absolute atomic E-state index is 12.0. The number of hydrogen-bond acceptors (Lipinski definition) is 2. The van der Waals surface area contributed by atoms with Crippen LogP contribution >= 0.6 is 0 Å². The number of amides is 1. The Morgan fingerprint density at radius 3 is 2.18 bits per heavy atom. The first kappa shape index (κ1) is 16.2. The quantitative estimate of drug-likeness (QED) is 0.859. The molecule has 0 spiro atoms.